The molecule has 0 radical (unpaired) electrons. The van der Waals surface area contributed by atoms with Crippen molar-refractivity contribution in [2.75, 3.05) is 14.2 Å². The van der Waals surface area contributed by atoms with Gasteiger partial charge in [-0.15, -0.1) is 0 Å². The summed E-state index contributed by atoms with van der Waals surface area (Å²) in [6.07, 6.45) is 1.46. The second kappa shape index (κ2) is 10.9. The van der Waals surface area contributed by atoms with Crippen molar-refractivity contribution in [3.8, 4) is 17.2 Å². The first-order valence-corrected chi connectivity index (χ1v) is 10.2. The predicted molar refractivity (Wildman–Crippen MR) is 127 cm³/mol. The number of phenols is 1. The van der Waals surface area contributed by atoms with Gasteiger partial charge in [0.15, 0.2) is 11.5 Å². The zero-order chi connectivity index (χ0) is 23.8. The zero-order valence-corrected chi connectivity index (χ0v) is 19.0. The number of rotatable bonds is 8. The summed E-state index contributed by atoms with van der Waals surface area (Å²) >= 11 is 0. The number of aromatic hydroxyl groups is 1. The minimum atomic E-state index is -0.316. The van der Waals surface area contributed by atoms with Crippen LogP contribution in [-0.2, 0) is 11.2 Å². The molecule has 3 rings (SSSR count). The number of carbonyl (C=O) groups is 1. The van der Waals surface area contributed by atoms with Gasteiger partial charge in [0.25, 0.3) is 0 Å². The Morgan fingerprint density at radius 1 is 0.909 bits per heavy atom. The van der Waals surface area contributed by atoms with Gasteiger partial charge >= 0.3 is 0 Å². The van der Waals surface area contributed by atoms with E-state index in [2.05, 4.69) is 20.8 Å². The second-order valence-electron chi connectivity index (χ2n) is 7.37. The number of aryl methyl sites for hydroxylation is 2. The number of nitrogens with zero attached hydrogens (tertiary/aromatic N) is 3. The van der Waals surface area contributed by atoms with E-state index in [-0.39, 0.29) is 18.1 Å². The third-order valence-electron chi connectivity index (χ3n) is 4.99. The lowest BCUT2D eigenvalue weighted by Gasteiger charge is -2.09. The molecule has 3 aromatic carbocycles. The second-order valence-corrected chi connectivity index (χ2v) is 7.37. The molecule has 0 spiro atoms. The van der Waals surface area contributed by atoms with E-state index in [1.165, 1.54) is 25.0 Å². The summed E-state index contributed by atoms with van der Waals surface area (Å²) in [5.74, 6) is 0.828. The Labute approximate surface area is 192 Å². The summed E-state index contributed by atoms with van der Waals surface area (Å²) in [6, 6.07) is 15.9. The molecule has 0 saturated carbocycles. The molecule has 8 nitrogen and oxygen atoms in total. The molecule has 0 aliphatic carbocycles. The van der Waals surface area contributed by atoms with Gasteiger partial charge in [-0.1, -0.05) is 12.1 Å². The van der Waals surface area contributed by atoms with Gasteiger partial charge in [-0.3, -0.25) is 4.79 Å². The molecule has 170 valence electrons. The smallest absolute Gasteiger partial charge is 0.244 e. The summed E-state index contributed by atoms with van der Waals surface area (Å²) < 4.78 is 10.4. The SMILES string of the molecule is COc1ccc(CC(=O)NN=Cc2cc(N=Nc3ccc(C)c(C)c3)ccc2O)cc1OC. The first-order chi connectivity index (χ1) is 15.9. The van der Waals surface area contributed by atoms with E-state index in [1.807, 2.05) is 32.0 Å². The van der Waals surface area contributed by atoms with Crippen molar-refractivity contribution in [1.29, 1.82) is 0 Å². The number of hydrogen-bond acceptors (Lipinski definition) is 7. The van der Waals surface area contributed by atoms with Crippen LogP contribution in [0.15, 0.2) is 69.9 Å². The highest BCUT2D eigenvalue weighted by atomic mass is 16.5. The molecule has 0 aromatic heterocycles. The van der Waals surface area contributed by atoms with Gasteiger partial charge < -0.3 is 14.6 Å². The highest BCUT2D eigenvalue weighted by Gasteiger charge is 2.08. The number of azo groups is 1. The lowest BCUT2D eigenvalue weighted by Crippen LogP contribution is -2.19. The Kier molecular flexibility index (Phi) is 7.75. The van der Waals surface area contributed by atoms with Gasteiger partial charge in [0, 0.05) is 5.56 Å². The fourth-order valence-electron chi connectivity index (χ4n) is 3.00. The molecule has 0 heterocycles. The number of methoxy groups -OCH3 is 2. The first kappa shape index (κ1) is 23.5. The fourth-order valence-corrected chi connectivity index (χ4v) is 3.00. The number of phenolic OH excluding ortho intramolecular Hbond substituents is 1. The van der Waals surface area contributed by atoms with Gasteiger partial charge in [0.2, 0.25) is 5.91 Å². The van der Waals surface area contributed by atoms with Crippen LogP contribution in [0, 0.1) is 13.8 Å². The third-order valence-corrected chi connectivity index (χ3v) is 4.99. The summed E-state index contributed by atoms with van der Waals surface area (Å²) in [6.45, 7) is 4.05. The summed E-state index contributed by atoms with van der Waals surface area (Å²) in [5.41, 5.74) is 7.21. The fraction of sp³-hybridized carbons (Fsp3) is 0.200. The van der Waals surface area contributed by atoms with E-state index < -0.39 is 0 Å². The largest absolute Gasteiger partial charge is 0.507 e. The van der Waals surface area contributed by atoms with Crippen LogP contribution < -0.4 is 14.9 Å². The summed E-state index contributed by atoms with van der Waals surface area (Å²) in [5, 5.41) is 22.5. The van der Waals surface area contributed by atoms with E-state index >= 15 is 0 Å². The Morgan fingerprint density at radius 3 is 2.30 bits per heavy atom. The molecule has 0 atom stereocenters. The maximum absolute atomic E-state index is 12.2. The number of amides is 1. The first-order valence-electron chi connectivity index (χ1n) is 10.2. The minimum Gasteiger partial charge on any atom is -0.507 e. The molecular formula is C25H26N4O4. The summed E-state index contributed by atoms with van der Waals surface area (Å²) in [4.78, 5) is 12.2. The monoisotopic (exact) mass is 446 g/mol. The predicted octanol–water partition coefficient (Wildman–Crippen LogP) is 5.13. The molecule has 0 unspecified atom stereocenters. The Hall–Kier alpha value is -4.20. The van der Waals surface area contributed by atoms with Crippen LogP contribution >= 0.6 is 0 Å². The van der Waals surface area contributed by atoms with Crippen LogP contribution in [0.1, 0.15) is 22.3 Å². The molecule has 33 heavy (non-hydrogen) atoms. The standard InChI is InChI=1S/C25H26N4O4/c1-16-5-7-20(11-17(16)2)27-28-21-8-9-22(30)19(14-21)15-26-29-25(31)13-18-6-10-23(32-3)24(12-18)33-4/h5-12,14-15,30H,13H2,1-4H3,(H,29,31). The van der Waals surface area contributed by atoms with E-state index in [4.69, 9.17) is 9.47 Å². The van der Waals surface area contributed by atoms with E-state index in [0.29, 0.717) is 22.7 Å². The van der Waals surface area contributed by atoms with Crippen LogP contribution in [0.25, 0.3) is 0 Å². The molecule has 0 saturated heterocycles. The van der Waals surface area contributed by atoms with Gasteiger partial charge in [-0.25, -0.2) is 5.43 Å². The molecule has 1 amide bonds. The Bertz CT molecular complexity index is 1210. The van der Waals surface area contributed by atoms with Crippen molar-refractivity contribution in [1.82, 2.24) is 5.43 Å². The molecular weight excluding hydrogens is 420 g/mol. The van der Waals surface area contributed by atoms with Crippen molar-refractivity contribution in [3.63, 3.8) is 0 Å². The molecule has 0 aliphatic rings. The minimum absolute atomic E-state index is 0.0121. The quantitative estimate of drug-likeness (QED) is 0.284. The zero-order valence-electron chi connectivity index (χ0n) is 19.0. The highest BCUT2D eigenvalue weighted by molar-refractivity contribution is 5.86. The lowest BCUT2D eigenvalue weighted by atomic mass is 10.1. The number of hydrogen-bond donors (Lipinski definition) is 2. The van der Waals surface area contributed by atoms with Gasteiger partial charge in [-0.2, -0.15) is 15.3 Å². The average Bonchev–Trinajstić information content (AvgIpc) is 2.81. The van der Waals surface area contributed by atoms with Crippen LogP contribution in [0.3, 0.4) is 0 Å². The summed E-state index contributed by atoms with van der Waals surface area (Å²) in [7, 11) is 3.09. The number of hydrazone groups is 1. The van der Waals surface area contributed by atoms with Crippen molar-refractivity contribution in [3.05, 3.63) is 76.9 Å². The van der Waals surface area contributed by atoms with Gasteiger partial charge in [0.1, 0.15) is 5.75 Å². The average molecular weight is 447 g/mol. The number of benzene rings is 3. The van der Waals surface area contributed by atoms with Crippen LogP contribution in [0.4, 0.5) is 11.4 Å². The topological polar surface area (TPSA) is 105 Å². The normalized spacial score (nSPS) is 11.2. The molecule has 0 fully saturated rings. The van der Waals surface area contributed by atoms with Crippen molar-refractivity contribution in [2.24, 2.45) is 15.3 Å². The molecule has 0 aliphatic heterocycles. The van der Waals surface area contributed by atoms with Crippen molar-refractivity contribution in [2.45, 2.75) is 20.3 Å². The van der Waals surface area contributed by atoms with Crippen molar-refractivity contribution >= 4 is 23.5 Å². The van der Waals surface area contributed by atoms with Crippen LogP contribution in [0.2, 0.25) is 0 Å². The number of carbonyl (C=O) groups excluding carboxylic acids is 1. The Morgan fingerprint density at radius 2 is 1.61 bits per heavy atom. The van der Waals surface area contributed by atoms with E-state index in [9.17, 15) is 9.90 Å². The van der Waals surface area contributed by atoms with Crippen LogP contribution in [0.5, 0.6) is 17.2 Å². The molecule has 0 bridgehead atoms. The van der Waals surface area contributed by atoms with E-state index in [0.717, 1.165) is 16.8 Å². The molecule has 3 aromatic rings. The maximum atomic E-state index is 12.2. The number of ether oxygens (including phenoxy) is 2. The van der Waals surface area contributed by atoms with Gasteiger partial charge in [-0.05, 0) is 73.0 Å². The van der Waals surface area contributed by atoms with Crippen molar-refractivity contribution < 1.29 is 19.4 Å². The number of nitrogens with one attached hydrogen (secondary N) is 1. The molecule has 2 N–H and O–H groups in total. The van der Waals surface area contributed by atoms with Gasteiger partial charge in [0.05, 0.1) is 38.2 Å². The maximum Gasteiger partial charge on any atom is 0.244 e. The lowest BCUT2D eigenvalue weighted by molar-refractivity contribution is -0.120. The third kappa shape index (κ3) is 6.39. The van der Waals surface area contributed by atoms with Crippen LogP contribution in [-0.4, -0.2) is 31.4 Å². The van der Waals surface area contributed by atoms with E-state index in [1.54, 1.807) is 37.4 Å². The molecule has 8 heteroatoms. The Balaban J connectivity index is 1.64. The highest BCUT2D eigenvalue weighted by Crippen LogP contribution is 2.28.